The topological polar surface area (TPSA) is 29.5 Å². The first kappa shape index (κ1) is 15.7. The van der Waals surface area contributed by atoms with E-state index in [-0.39, 0.29) is 17.2 Å². The van der Waals surface area contributed by atoms with E-state index in [1.54, 1.807) is 0 Å². The summed E-state index contributed by atoms with van der Waals surface area (Å²) in [6, 6.07) is 0. The van der Waals surface area contributed by atoms with E-state index in [0.29, 0.717) is 0 Å². The molecule has 2 fully saturated rings. The zero-order valence-electron chi connectivity index (χ0n) is 13.5. The molecule has 1 amide bonds. The molecule has 1 spiro atoms. The molecule has 0 unspecified atom stereocenters. The molecular weight excluding hydrogens is 250 g/mol. The van der Waals surface area contributed by atoms with Gasteiger partial charge in [-0.15, -0.1) is 0 Å². The molecule has 0 aromatic carbocycles. The van der Waals surface area contributed by atoms with Gasteiger partial charge in [-0.1, -0.05) is 46.0 Å². The summed E-state index contributed by atoms with van der Waals surface area (Å²) in [5.74, 6) is 0. The lowest BCUT2D eigenvalue weighted by molar-refractivity contribution is -0.0526. The van der Waals surface area contributed by atoms with Crippen LogP contribution in [0.25, 0.3) is 0 Å². The minimum absolute atomic E-state index is 0.0451. The van der Waals surface area contributed by atoms with E-state index in [1.807, 2.05) is 11.9 Å². The summed E-state index contributed by atoms with van der Waals surface area (Å²) in [6.07, 6.45) is 12.7. The summed E-state index contributed by atoms with van der Waals surface area (Å²) < 4.78 is 6.00. The molecule has 3 heteroatoms. The first-order chi connectivity index (χ1) is 9.62. The van der Waals surface area contributed by atoms with Crippen LogP contribution < -0.4 is 0 Å². The predicted octanol–water partition coefficient (Wildman–Crippen LogP) is 4.89. The van der Waals surface area contributed by atoms with Crippen molar-refractivity contribution in [2.45, 2.75) is 95.6 Å². The lowest BCUT2D eigenvalue weighted by Gasteiger charge is -2.48. The van der Waals surface area contributed by atoms with E-state index in [2.05, 4.69) is 13.8 Å². The summed E-state index contributed by atoms with van der Waals surface area (Å²) in [7, 11) is 1.97. The first-order valence-corrected chi connectivity index (χ1v) is 8.59. The van der Waals surface area contributed by atoms with Gasteiger partial charge in [-0.3, -0.25) is 0 Å². The molecular formula is C17H31NO2. The van der Waals surface area contributed by atoms with E-state index in [0.717, 1.165) is 25.7 Å². The van der Waals surface area contributed by atoms with Gasteiger partial charge in [0, 0.05) is 7.05 Å². The summed E-state index contributed by atoms with van der Waals surface area (Å²) in [5.41, 5.74) is -0.238. The maximum atomic E-state index is 12.3. The minimum Gasteiger partial charge on any atom is -0.440 e. The average Bonchev–Trinajstić information content (AvgIpc) is 2.65. The molecule has 1 aliphatic heterocycles. The molecule has 1 heterocycles. The maximum Gasteiger partial charge on any atom is 0.410 e. The van der Waals surface area contributed by atoms with Crippen LogP contribution in [0.1, 0.15) is 84.5 Å². The lowest BCUT2D eigenvalue weighted by Crippen LogP contribution is -2.58. The highest BCUT2D eigenvalue weighted by atomic mass is 16.6. The smallest absolute Gasteiger partial charge is 0.410 e. The van der Waals surface area contributed by atoms with Gasteiger partial charge in [-0.2, -0.15) is 0 Å². The van der Waals surface area contributed by atoms with Crippen molar-refractivity contribution in [1.29, 1.82) is 0 Å². The molecule has 20 heavy (non-hydrogen) atoms. The van der Waals surface area contributed by atoms with Crippen LogP contribution >= 0.6 is 0 Å². The molecule has 0 N–H and O–H groups in total. The molecule has 2 aliphatic rings. The van der Waals surface area contributed by atoms with Crippen LogP contribution in [0.5, 0.6) is 0 Å². The Morgan fingerprint density at radius 3 is 2.10 bits per heavy atom. The van der Waals surface area contributed by atoms with Crippen LogP contribution in [0.2, 0.25) is 0 Å². The number of likely N-dealkylation sites (N-methyl/N-ethyl adjacent to an activating group) is 1. The van der Waals surface area contributed by atoms with Gasteiger partial charge in [0.25, 0.3) is 0 Å². The van der Waals surface area contributed by atoms with Crippen LogP contribution in [-0.2, 0) is 4.74 Å². The van der Waals surface area contributed by atoms with Crippen molar-refractivity contribution < 1.29 is 9.53 Å². The zero-order valence-corrected chi connectivity index (χ0v) is 13.5. The summed E-state index contributed by atoms with van der Waals surface area (Å²) in [4.78, 5) is 14.3. The second-order valence-corrected chi connectivity index (χ2v) is 6.72. The van der Waals surface area contributed by atoms with E-state index in [4.69, 9.17) is 4.74 Å². The summed E-state index contributed by atoms with van der Waals surface area (Å²) >= 11 is 0. The Kier molecular flexibility index (Phi) is 4.98. The number of amides is 1. The standard InChI is InChI=1S/C17H31NO2/c1-4-6-11-16(12-7-5-2)17(13-9-8-10-14-17)20-15(19)18(16)3/h4-14H2,1-3H3. The van der Waals surface area contributed by atoms with Gasteiger partial charge in [0.2, 0.25) is 0 Å². The third-order valence-corrected chi connectivity index (χ3v) is 5.60. The quantitative estimate of drug-likeness (QED) is 0.693. The second-order valence-electron chi connectivity index (χ2n) is 6.72. The second kappa shape index (κ2) is 6.36. The number of carbonyl (C=O) groups excluding carboxylic acids is 1. The third-order valence-electron chi connectivity index (χ3n) is 5.60. The van der Waals surface area contributed by atoms with Gasteiger partial charge in [-0.25, -0.2) is 4.79 Å². The van der Waals surface area contributed by atoms with Gasteiger partial charge in [-0.05, 0) is 38.5 Å². The number of nitrogens with zero attached hydrogens (tertiary/aromatic N) is 1. The summed E-state index contributed by atoms with van der Waals surface area (Å²) in [6.45, 7) is 4.47. The molecule has 3 nitrogen and oxygen atoms in total. The third kappa shape index (κ3) is 2.44. The van der Waals surface area contributed by atoms with E-state index in [1.165, 1.54) is 44.9 Å². The van der Waals surface area contributed by atoms with Crippen molar-refractivity contribution in [2.75, 3.05) is 7.05 Å². The van der Waals surface area contributed by atoms with Crippen LogP contribution in [-0.4, -0.2) is 29.2 Å². The molecule has 1 saturated carbocycles. The molecule has 1 aliphatic carbocycles. The molecule has 0 aromatic rings. The van der Waals surface area contributed by atoms with Crippen molar-refractivity contribution in [2.24, 2.45) is 0 Å². The Bertz CT molecular complexity index is 326. The number of unbranched alkanes of at least 4 members (excludes halogenated alkanes) is 2. The SMILES string of the molecule is CCCCC1(CCCC)N(C)C(=O)OC12CCCCC2. The van der Waals surface area contributed by atoms with Crippen LogP contribution in [0.3, 0.4) is 0 Å². The van der Waals surface area contributed by atoms with Crippen LogP contribution in [0, 0.1) is 0 Å². The minimum atomic E-state index is -0.193. The highest BCUT2D eigenvalue weighted by molar-refractivity contribution is 5.72. The van der Waals surface area contributed by atoms with Gasteiger partial charge < -0.3 is 9.64 Å². The Hall–Kier alpha value is -0.730. The van der Waals surface area contributed by atoms with Crippen LogP contribution in [0.15, 0.2) is 0 Å². The van der Waals surface area contributed by atoms with Gasteiger partial charge >= 0.3 is 6.09 Å². The Balaban J connectivity index is 2.32. The largest absolute Gasteiger partial charge is 0.440 e. The summed E-state index contributed by atoms with van der Waals surface area (Å²) in [5, 5.41) is 0. The average molecular weight is 281 g/mol. The van der Waals surface area contributed by atoms with Gasteiger partial charge in [0.15, 0.2) is 0 Å². The zero-order chi connectivity index (χ0) is 14.6. The Morgan fingerprint density at radius 2 is 1.60 bits per heavy atom. The Morgan fingerprint density at radius 1 is 1.05 bits per heavy atom. The fourth-order valence-electron chi connectivity index (χ4n) is 4.36. The van der Waals surface area contributed by atoms with E-state index < -0.39 is 0 Å². The molecule has 2 rings (SSSR count). The monoisotopic (exact) mass is 281 g/mol. The van der Waals surface area contributed by atoms with Crippen molar-refractivity contribution in [3.63, 3.8) is 0 Å². The Labute approximate surface area is 124 Å². The maximum absolute atomic E-state index is 12.3. The van der Waals surface area contributed by atoms with Gasteiger partial charge in [0.05, 0.1) is 5.54 Å². The van der Waals surface area contributed by atoms with E-state index in [9.17, 15) is 4.79 Å². The number of ether oxygens (including phenoxy) is 1. The molecule has 1 saturated heterocycles. The highest BCUT2D eigenvalue weighted by Crippen LogP contribution is 2.52. The first-order valence-electron chi connectivity index (χ1n) is 8.59. The highest BCUT2D eigenvalue weighted by Gasteiger charge is 2.62. The normalized spacial score (nSPS) is 24.1. The van der Waals surface area contributed by atoms with Crippen molar-refractivity contribution in [3.05, 3.63) is 0 Å². The molecule has 0 atom stereocenters. The van der Waals surface area contributed by atoms with Crippen molar-refractivity contribution in [3.8, 4) is 0 Å². The number of hydrogen-bond acceptors (Lipinski definition) is 2. The number of rotatable bonds is 6. The van der Waals surface area contributed by atoms with Gasteiger partial charge in [0.1, 0.15) is 5.60 Å². The predicted molar refractivity (Wildman–Crippen MR) is 81.8 cm³/mol. The molecule has 116 valence electrons. The van der Waals surface area contributed by atoms with Crippen LogP contribution in [0.4, 0.5) is 4.79 Å². The molecule has 0 bridgehead atoms. The van der Waals surface area contributed by atoms with E-state index >= 15 is 0 Å². The molecule has 0 aromatic heterocycles. The van der Waals surface area contributed by atoms with Crippen molar-refractivity contribution >= 4 is 6.09 Å². The fraction of sp³-hybridized carbons (Fsp3) is 0.941. The lowest BCUT2D eigenvalue weighted by atomic mass is 9.66. The number of carbonyl (C=O) groups is 1. The van der Waals surface area contributed by atoms with Crippen molar-refractivity contribution in [1.82, 2.24) is 4.90 Å². The fourth-order valence-corrected chi connectivity index (χ4v) is 4.36. The molecule has 0 radical (unpaired) electrons. The number of hydrogen-bond donors (Lipinski definition) is 0.